The summed E-state index contributed by atoms with van der Waals surface area (Å²) >= 11 is 0. The molecule has 0 fully saturated rings. The first-order chi connectivity index (χ1) is 15.1. The Morgan fingerprint density at radius 2 is 1.81 bits per heavy atom. The molecule has 2 aromatic carbocycles. The Balaban J connectivity index is 1.44. The van der Waals surface area contributed by atoms with Gasteiger partial charge >= 0.3 is 5.97 Å². The van der Waals surface area contributed by atoms with Crippen LogP contribution in [0.3, 0.4) is 0 Å². The van der Waals surface area contributed by atoms with Crippen molar-refractivity contribution in [3.05, 3.63) is 82.7 Å². The van der Waals surface area contributed by atoms with E-state index in [1.54, 1.807) is 12.1 Å². The molecule has 0 amide bonds. The van der Waals surface area contributed by atoms with Crippen LogP contribution in [0, 0.1) is 0 Å². The summed E-state index contributed by atoms with van der Waals surface area (Å²) in [7, 11) is 0. The normalized spacial score (nSPS) is 12.8. The van der Waals surface area contributed by atoms with Gasteiger partial charge < -0.3 is 14.6 Å². The largest absolute Gasteiger partial charge is 0.488 e. The molecule has 5 nitrogen and oxygen atoms in total. The molecule has 160 valence electrons. The molecule has 0 saturated heterocycles. The molecule has 0 aliphatic heterocycles. The standard InChI is InChI=1S/C26H27NO4/c1-2-20-16-25(22-8-4-5-9-23(22)27-20)30-17-18-11-13-21(14-12-18)31-24-10-6-3-7-19(24)15-26(28)29/h3,6-7,10-14,16H,2,4-5,8-9,15,17H2,1H3,(H,28,29). The quantitative estimate of drug-likeness (QED) is 0.523. The fourth-order valence-electron chi connectivity index (χ4n) is 3.89. The molecule has 31 heavy (non-hydrogen) atoms. The highest BCUT2D eigenvalue weighted by molar-refractivity contribution is 5.71. The number of nitrogens with zero attached hydrogens (tertiary/aromatic N) is 1. The van der Waals surface area contributed by atoms with Crippen LogP contribution < -0.4 is 9.47 Å². The zero-order valence-electron chi connectivity index (χ0n) is 17.8. The minimum atomic E-state index is -0.881. The maximum Gasteiger partial charge on any atom is 0.307 e. The third-order valence-corrected chi connectivity index (χ3v) is 5.53. The van der Waals surface area contributed by atoms with Crippen LogP contribution in [-0.2, 0) is 37.1 Å². The Hall–Kier alpha value is -3.34. The molecule has 1 aromatic heterocycles. The Kier molecular flexibility index (Phi) is 6.51. The minimum Gasteiger partial charge on any atom is -0.488 e. The third-order valence-electron chi connectivity index (χ3n) is 5.53. The number of carboxylic acid groups (broad SMARTS) is 1. The molecule has 1 aliphatic carbocycles. The second-order valence-corrected chi connectivity index (χ2v) is 7.81. The van der Waals surface area contributed by atoms with Crippen molar-refractivity contribution in [1.82, 2.24) is 4.98 Å². The maximum atomic E-state index is 11.1. The number of hydrogen-bond acceptors (Lipinski definition) is 4. The number of para-hydroxylation sites is 1. The van der Waals surface area contributed by atoms with Crippen LogP contribution in [-0.4, -0.2) is 16.1 Å². The number of rotatable bonds is 8. The van der Waals surface area contributed by atoms with Crippen molar-refractivity contribution in [3.63, 3.8) is 0 Å². The monoisotopic (exact) mass is 417 g/mol. The number of fused-ring (bicyclic) bond motifs is 1. The van der Waals surface area contributed by atoms with E-state index in [4.69, 9.17) is 19.6 Å². The molecule has 0 radical (unpaired) electrons. The van der Waals surface area contributed by atoms with Crippen LogP contribution in [0.2, 0.25) is 0 Å². The lowest BCUT2D eigenvalue weighted by Gasteiger charge is -2.20. The molecule has 0 bridgehead atoms. The zero-order valence-corrected chi connectivity index (χ0v) is 17.8. The first kappa shape index (κ1) is 20.9. The first-order valence-corrected chi connectivity index (χ1v) is 10.8. The van der Waals surface area contributed by atoms with Gasteiger partial charge in [0.1, 0.15) is 23.9 Å². The maximum absolute atomic E-state index is 11.1. The number of hydrogen-bond donors (Lipinski definition) is 1. The van der Waals surface area contributed by atoms with Gasteiger partial charge in [0, 0.05) is 28.6 Å². The van der Waals surface area contributed by atoms with Gasteiger partial charge in [-0.05, 0) is 55.9 Å². The molecule has 0 saturated carbocycles. The smallest absolute Gasteiger partial charge is 0.307 e. The molecule has 5 heteroatoms. The number of aliphatic carboxylic acids is 1. The van der Waals surface area contributed by atoms with Gasteiger partial charge in [-0.2, -0.15) is 0 Å². The van der Waals surface area contributed by atoms with Crippen molar-refractivity contribution in [1.29, 1.82) is 0 Å². The summed E-state index contributed by atoms with van der Waals surface area (Å²) in [6.45, 7) is 2.60. The fraction of sp³-hybridized carbons (Fsp3) is 0.308. The second-order valence-electron chi connectivity index (χ2n) is 7.81. The highest BCUT2D eigenvalue weighted by atomic mass is 16.5. The van der Waals surface area contributed by atoms with Gasteiger partial charge in [-0.1, -0.05) is 37.3 Å². The van der Waals surface area contributed by atoms with E-state index in [1.807, 2.05) is 36.4 Å². The number of carboxylic acids is 1. The van der Waals surface area contributed by atoms with Gasteiger partial charge in [-0.3, -0.25) is 9.78 Å². The van der Waals surface area contributed by atoms with Crippen molar-refractivity contribution in [2.75, 3.05) is 0 Å². The highest BCUT2D eigenvalue weighted by Crippen LogP contribution is 2.31. The fourth-order valence-corrected chi connectivity index (χ4v) is 3.89. The van der Waals surface area contributed by atoms with Gasteiger partial charge in [0.25, 0.3) is 0 Å². The van der Waals surface area contributed by atoms with E-state index in [1.165, 1.54) is 24.1 Å². The Bertz CT molecular complexity index is 1060. The molecule has 1 N–H and O–H groups in total. The van der Waals surface area contributed by atoms with E-state index in [9.17, 15) is 4.79 Å². The molecule has 0 spiro atoms. The van der Waals surface area contributed by atoms with Crippen molar-refractivity contribution in [3.8, 4) is 17.2 Å². The molecule has 3 aromatic rings. The van der Waals surface area contributed by atoms with Crippen LogP contribution in [0.1, 0.15) is 47.8 Å². The minimum absolute atomic E-state index is 0.0713. The topological polar surface area (TPSA) is 68.7 Å². The summed E-state index contributed by atoms with van der Waals surface area (Å²) in [4.78, 5) is 15.9. The van der Waals surface area contributed by atoms with E-state index in [-0.39, 0.29) is 6.42 Å². The van der Waals surface area contributed by atoms with Crippen LogP contribution in [0.15, 0.2) is 54.6 Å². The highest BCUT2D eigenvalue weighted by Gasteiger charge is 2.17. The third kappa shape index (κ3) is 5.23. The summed E-state index contributed by atoms with van der Waals surface area (Å²) < 4.78 is 12.1. The molecule has 1 aliphatic rings. The van der Waals surface area contributed by atoms with Crippen molar-refractivity contribution in [2.45, 2.75) is 52.1 Å². The van der Waals surface area contributed by atoms with Gasteiger partial charge in [0.05, 0.1) is 6.42 Å². The van der Waals surface area contributed by atoms with Gasteiger partial charge in [0.15, 0.2) is 0 Å². The number of benzene rings is 2. The van der Waals surface area contributed by atoms with E-state index in [0.29, 0.717) is 23.7 Å². The van der Waals surface area contributed by atoms with Gasteiger partial charge in [-0.25, -0.2) is 0 Å². The lowest BCUT2D eigenvalue weighted by atomic mass is 9.94. The molecule has 0 atom stereocenters. The van der Waals surface area contributed by atoms with Gasteiger partial charge in [-0.15, -0.1) is 0 Å². The predicted molar refractivity (Wildman–Crippen MR) is 119 cm³/mol. The average molecular weight is 418 g/mol. The molecular weight excluding hydrogens is 390 g/mol. The summed E-state index contributed by atoms with van der Waals surface area (Å²) in [5.74, 6) is 1.30. The van der Waals surface area contributed by atoms with E-state index >= 15 is 0 Å². The Morgan fingerprint density at radius 1 is 1.03 bits per heavy atom. The first-order valence-electron chi connectivity index (χ1n) is 10.8. The van der Waals surface area contributed by atoms with E-state index in [2.05, 4.69) is 13.0 Å². The predicted octanol–water partition coefficient (Wildman–Crippen LogP) is 5.52. The number of ether oxygens (including phenoxy) is 2. The second kappa shape index (κ2) is 9.65. The Morgan fingerprint density at radius 3 is 2.58 bits per heavy atom. The summed E-state index contributed by atoms with van der Waals surface area (Å²) in [6.07, 6.45) is 5.28. The number of pyridine rings is 1. The molecular formula is C26H27NO4. The van der Waals surface area contributed by atoms with Crippen LogP contribution >= 0.6 is 0 Å². The lowest BCUT2D eigenvalue weighted by molar-refractivity contribution is -0.136. The average Bonchev–Trinajstić information content (AvgIpc) is 2.79. The van der Waals surface area contributed by atoms with Crippen molar-refractivity contribution < 1.29 is 19.4 Å². The summed E-state index contributed by atoms with van der Waals surface area (Å²) in [6, 6.07) is 17.0. The number of aryl methyl sites for hydroxylation is 2. The zero-order chi connectivity index (χ0) is 21.6. The van der Waals surface area contributed by atoms with Gasteiger partial charge in [0.2, 0.25) is 0 Å². The molecule has 4 rings (SSSR count). The van der Waals surface area contributed by atoms with Crippen LogP contribution in [0.25, 0.3) is 0 Å². The summed E-state index contributed by atoms with van der Waals surface area (Å²) in [5.41, 5.74) is 5.24. The molecule has 1 heterocycles. The molecule has 0 unspecified atom stereocenters. The van der Waals surface area contributed by atoms with E-state index in [0.717, 1.165) is 36.3 Å². The number of aromatic nitrogens is 1. The van der Waals surface area contributed by atoms with Crippen LogP contribution in [0.4, 0.5) is 0 Å². The van der Waals surface area contributed by atoms with Crippen molar-refractivity contribution >= 4 is 5.97 Å². The summed E-state index contributed by atoms with van der Waals surface area (Å²) in [5, 5.41) is 9.08. The van der Waals surface area contributed by atoms with Crippen molar-refractivity contribution in [2.24, 2.45) is 0 Å². The van der Waals surface area contributed by atoms with Crippen LogP contribution in [0.5, 0.6) is 17.2 Å². The van der Waals surface area contributed by atoms with E-state index < -0.39 is 5.97 Å². The Labute approximate surface area is 182 Å². The SMILES string of the molecule is CCc1cc(OCc2ccc(Oc3ccccc3CC(=O)O)cc2)c2c(n1)CCCC2. The number of carbonyl (C=O) groups is 1. The lowest BCUT2D eigenvalue weighted by Crippen LogP contribution is -2.10.